The van der Waals surface area contributed by atoms with E-state index in [1.807, 2.05) is 37.3 Å². The second-order valence-corrected chi connectivity index (χ2v) is 4.00. The SMILES string of the molecule is CCCc1nccn1C(=O)OCc1ccccc1. The van der Waals surface area contributed by atoms with E-state index in [9.17, 15) is 4.79 Å². The molecule has 94 valence electrons. The van der Waals surface area contributed by atoms with Gasteiger partial charge in [-0.1, -0.05) is 37.3 Å². The van der Waals surface area contributed by atoms with Gasteiger partial charge in [0.1, 0.15) is 12.4 Å². The molecule has 0 atom stereocenters. The minimum atomic E-state index is -0.375. The molecule has 0 aliphatic rings. The molecule has 18 heavy (non-hydrogen) atoms. The van der Waals surface area contributed by atoms with E-state index in [1.54, 1.807) is 12.4 Å². The second-order valence-electron chi connectivity index (χ2n) is 4.00. The number of rotatable bonds is 4. The van der Waals surface area contributed by atoms with Crippen LogP contribution in [0, 0.1) is 0 Å². The Labute approximate surface area is 106 Å². The van der Waals surface area contributed by atoms with Crippen molar-refractivity contribution in [1.29, 1.82) is 0 Å². The molecule has 0 unspecified atom stereocenters. The van der Waals surface area contributed by atoms with Gasteiger partial charge < -0.3 is 4.74 Å². The first kappa shape index (κ1) is 12.4. The van der Waals surface area contributed by atoms with Crippen LogP contribution in [-0.2, 0) is 17.8 Å². The van der Waals surface area contributed by atoms with Crippen LogP contribution in [-0.4, -0.2) is 15.6 Å². The zero-order chi connectivity index (χ0) is 12.8. The van der Waals surface area contributed by atoms with Crippen LogP contribution in [0.4, 0.5) is 4.79 Å². The van der Waals surface area contributed by atoms with Crippen LogP contribution in [0.25, 0.3) is 0 Å². The number of hydrogen-bond donors (Lipinski definition) is 0. The number of carbonyl (C=O) groups is 1. The summed E-state index contributed by atoms with van der Waals surface area (Å²) < 4.78 is 6.71. The highest BCUT2D eigenvalue weighted by atomic mass is 16.5. The molecule has 1 heterocycles. The summed E-state index contributed by atoms with van der Waals surface area (Å²) in [5, 5.41) is 0. The summed E-state index contributed by atoms with van der Waals surface area (Å²) in [6.45, 7) is 2.33. The Bertz CT molecular complexity index is 506. The summed E-state index contributed by atoms with van der Waals surface area (Å²) in [5.74, 6) is 0.746. The van der Waals surface area contributed by atoms with Crippen molar-refractivity contribution in [1.82, 2.24) is 9.55 Å². The van der Waals surface area contributed by atoms with Crippen LogP contribution in [0.1, 0.15) is 24.7 Å². The predicted molar refractivity (Wildman–Crippen MR) is 68.2 cm³/mol. The Morgan fingerprint density at radius 2 is 2.11 bits per heavy atom. The first-order valence-corrected chi connectivity index (χ1v) is 6.04. The fourth-order valence-corrected chi connectivity index (χ4v) is 1.70. The highest BCUT2D eigenvalue weighted by Crippen LogP contribution is 2.05. The van der Waals surface area contributed by atoms with Crippen molar-refractivity contribution in [2.75, 3.05) is 0 Å². The van der Waals surface area contributed by atoms with E-state index < -0.39 is 0 Å². The average Bonchev–Trinajstić information content (AvgIpc) is 2.86. The molecular formula is C14H16N2O2. The number of imidazole rings is 1. The van der Waals surface area contributed by atoms with Crippen molar-refractivity contribution in [3.8, 4) is 0 Å². The van der Waals surface area contributed by atoms with Gasteiger partial charge in [-0.05, 0) is 12.0 Å². The fourth-order valence-electron chi connectivity index (χ4n) is 1.70. The smallest absolute Gasteiger partial charge is 0.419 e. The van der Waals surface area contributed by atoms with Crippen LogP contribution in [0.3, 0.4) is 0 Å². The molecule has 0 aliphatic carbocycles. The van der Waals surface area contributed by atoms with Gasteiger partial charge >= 0.3 is 6.09 Å². The van der Waals surface area contributed by atoms with Gasteiger partial charge in [0.05, 0.1) is 0 Å². The Morgan fingerprint density at radius 1 is 1.33 bits per heavy atom. The molecule has 4 nitrogen and oxygen atoms in total. The van der Waals surface area contributed by atoms with E-state index in [-0.39, 0.29) is 12.7 Å². The summed E-state index contributed by atoms with van der Waals surface area (Å²) in [6, 6.07) is 9.62. The number of ether oxygens (including phenoxy) is 1. The van der Waals surface area contributed by atoms with E-state index in [0.29, 0.717) is 0 Å². The lowest BCUT2D eigenvalue weighted by Crippen LogP contribution is -2.15. The number of aryl methyl sites for hydroxylation is 1. The quantitative estimate of drug-likeness (QED) is 0.830. The van der Waals surface area contributed by atoms with Crippen molar-refractivity contribution in [2.24, 2.45) is 0 Å². The molecule has 4 heteroatoms. The predicted octanol–water partition coefficient (Wildman–Crippen LogP) is 3.02. The normalized spacial score (nSPS) is 10.3. The van der Waals surface area contributed by atoms with Crippen LogP contribution < -0.4 is 0 Å². The lowest BCUT2D eigenvalue weighted by atomic mass is 10.2. The fraction of sp³-hybridized carbons (Fsp3) is 0.286. The lowest BCUT2D eigenvalue weighted by molar-refractivity contribution is 0.140. The third kappa shape index (κ3) is 2.97. The molecule has 0 amide bonds. The molecule has 2 rings (SSSR count). The lowest BCUT2D eigenvalue weighted by Gasteiger charge is -2.07. The maximum Gasteiger partial charge on any atom is 0.419 e. The van der Waals surface area contributed by atoms with Gasteiger partial charge in [0.15, 0.2) is 0 Å². The molecule has 0 bridgehead atoms. The minimum Gasteiger partial charge on any atom is -0.444 e. The molecule has 1 aromatic carbocycles. The summed E-state index contributed by atoms with van der Waals surface area (Å²) in [5.41, 5.74) is 0.975. The molecule has 0 spiro atoms. The Morgan fingerprint density at radius 3 is 2.83 bits per heavy atom. The standard InChI is InChI=1S/C14H16N2O2/c1-2-6-13-15-9-10-16(13)14(17)18-11-12-7-4-3-5-8-12/h3-5,7-10H,2,6,11H2,1H3. The van der Waals surface area contributed by atoms with Gasteiger partial charge in [-0.15, -0.1) is 0 Å². The highest BCUT2D eigenvalue weighted by molar-refractivity contribution is 5.71. The molecule has 0 saturated heterocycles. The van der Waals surface area contributed by atoms with Crippen LogP contribution in [0.5, 0.6) is 0 Å². The zero-order valence-corrected chi connectivity index (χ0v) is 10.4. The van der Waals surface area contributed by atoms with Crippen molar-refractivity contribution >= 4 is 6.09 Å². The summed E-state index contributed by atoms with van der Waals surface area (Å²) in [7, 11) is 0. The van der Waals surface area contributed by atoms with Gasteiger partial charge in [0, 0.05) is 18.8 Å². The third-order valence-electron chi connectivity index (χ3n) is 2.59. The Kier molecular flexibility index (Phi) is 4.12. The van der Waals surface area contributed by atoms with Crippen molar-refractivity contribution in [2.45, 2.75) is 26.4 Å². The van der Waals surface area contributed by atoms with Crippen LogP contribution in [0.15, 0.2) is 42.7 Å². The van der Waals surface area contributed by atoms with Crippen molar-refractivity contribution in [3.63, 3.8) is 0 Å². The number of benzene rings is 1. The number of aromatic nitrogens is 2. The summed E-state index contributed by atoms with van der Waals surface area (Å²) >= 11 is 0. The maximum atomic E-state index is 11.9. The molecule has 0 fully saturated rings. The van der Waals surface area contributed by atoms with E-state index in [2.05, 4.69) is 4.98 Å². The molecule has 0 saturated carbocycles. The van der Waals surface area contributed by atoms with E-state index in [0.717, 1.165) is 24.2 Å². The first-order valence-electron chi connectivity index (χ1n) is 6.04. The molecule has 2 aromatic rings. The molecule has 1 aromatic heterocycles. The first-order chi connectivity index (χ1) is 8.81. The Hall–Kier alpha value is -2.10. The van der Waals surface area contributed by atoms with Gasteiger partial charge in [-0.2, -0.15) is 0 Å². The molecule has 0 N–H and O–H groups in total. The average molecular weight is 244 g/mol. The maximum absolute atomic E-state index is 11.9. The molecular weight excluding hydrogens is 228 g/mol. The third-order valence-corrected chi connectivity index (χ3v) is 2.59. The van der Waals surface area contributed by atoms with Crippen LogP contribution >= 0.6 is 0 Å². The van der Waals surface area contributed by atoms with Gasteiger partial charge in [-0.25, -0.2) is 14.3 Å². The van der Waals surface area contributed by atoms with Gasteiger partial charge in [0.2, 0.25) is 0 Å². The zero-order valence-electron chi connectivity index (χ0n) is 10.4. The largest absolute Gasteiger partial charge is 0.444 e. The van der Waals surface area contributed by atoms with Gasteiger partial charge in [-0.3, -0.25) is 0 Å². The minimum absolute atomic E-state index is 0.281. The molecule has 0 radical (unpaired) electrons. The van der Waals surface area contributed by atoms with Crippen LogP contribution in [0.2, 0.25) is 0 Å². The Balaban J connectivity index is 1.97. The summed E-state index contributed by atoms with van der Waals surface area (Å²) in [6.07, 6.45) is 4.60. The topological polar surface area (TPSA) is 44.1 Å². The van der Waals surface area contributed by atoms with Gasteiger partial charge in [0.25, 0.3) is 0 Å². The summed E-state index contributed by atoms with van der Waals surface area (Å²) in [4.78, 5) is 16.0. The number of hydrogen-bond acceptors (Lipinski definition) is 3. The number of carbonyl (C=O) groups excluding carboxylic acids is 1. The second kappa shape index (κ2) is 6.00. The van der Waals surface area contributed by atoms with E-state index >= 15 is 0 Å². The van der Waals surface area contributed by atoms with Crippen molar-refractivity contribution < 1.29 is 9.53 Å². The number of nitrogens with zero attached hydrogens (tertiary/aromatic N) is 2. The van der Waals surface area contributed by atoms with E-state index in [1.165, 1.54) is 4.57 Å². The van der Waals surface area contributed by atoms with E-state index in [4.69, 9.17) is 4.74 Å². The monoisotopic (exact) mass is 244 g/mol. The highest BCUT2D eigenvalue weighted by Gasteiger charge is 2.10. The van der Waals surface area contributed by atoms with Crippen molar-refractivity contribution in [3.05, 3.63) is 54.1 Å². The molecule has 0 aliphatic heterocycles.